The van der Waals surface area contributed by atoms with Crippen molar-refractivity contribution in [1.29, 1.82) is 0 Å². The Morgan fingerprint density at radius 1 is 1.08 bits per heavy atom. The molecular formula is C19H22N6O. The molecule has 2 aromatic heterocycles. The first-order valence-corrected chi connectivity index (χ1v) is 8.63. The minimum Gasteiger partial charge on any atom is -0.372 e. The number of aryl methyl sites for hydroxylation is 1. The van der Waals surface area contributed by atoms with Crippen LogP contribution in [0.5, 0.6) is 0 Å². The Labute approximate surface area is 152 Å². The summed E-state index contributed by atoms with van der Waals surface area (Å²) >= 11 is 0. The highest BCUT2D eigenvalue weighted by Crippen LogP contribution is 2.17. The van der Waals surface area contributed by atoms with Gasteiger partial charge < -0.3 is 4.90 Å². The second-order valence-corrected chi connectivity index (χ2v) is 5.85. The predicted octanol–water partition coefficient (Wildman–Crippen LogP) is 3.27. The van der Waals surface area contributed by atoms with E-state index in [0.29, 0.717) is 17.1 Å². The van der Waals surface area contributed by atoms with Crippen molar-refractivity contribution >= 4 is 17.5 Å². The molecule has 0 unspecified atom stereocenters. The summed E-state index contributed by atoms with van der Waals surface area (Å²) in [6.07, 6.45) is 0. The molecule has 0 saturated heterocycles. The van der Waals surface area contributed by atoms with Crippen molar-refractivity contribution < 1.29 is 4.79 Å². The fraction of sp³-hybridized carbons (Fsp3) is 0.263. The molecule has 0 fully saturated rings. The summed E-state index contributed by atoms with van der Waals surface area (Å²) < 4.78 is 0. The molecule has 0 atom stereocenters. The SMILES string of the molecule is CCN(CC)c1ccc(C(=O)Nc2n[nH]c(-c3cccc(C)n3)n2)cc1. The molecular weight excluding hydrogens is 328 g/mol. The van der Waals surface area contributed by atoms with Gasteiger partial charge in [-0.15, -0.1) is 5.10 Å². The molecule has 0 aliphatic heterocycles. The van der Waals surface area contributed by atoms with Crippen LogP contribution >= 0.6 is 0 Å². The van der Waals surface area contributed by atoms with Crippen molar-refractivity contribution in [3.8, 4) is 11.5 Å². The lowest BCUT2D eigenvalue weighted by Crippen LogP contribution is -2.22. The number of aromatic nitrogens is 4. The highest BCUT2D eigenvalue weighted by Gasteiger charge is 2.12. The number of nitrogens with zero attached hydrogens (tertiary/aromatic N) is 4. The summed E-state index contributed by atoms with van der Waals surface area (Å²) in [5, 5.41) is 9.55. The van der Waals surface area contributed by atoms with E-state index in [9.17, 15) is 4.79 Å². The number of H-pyrrole nitrogens is 1. The van der Waals surface area contributed by atoms with Gasteiger partial charge in [0.05, 0.1) is 0 Å². The minimum atomic E-state index is -0.251. The molecule has 0 aliphatic rings. The van der Waals surface area contributed by atoms with Gasteiger partial charge in [-0.05, 0) is 57.2 Å². The van der Waals surface area contributed by atoms with E-state index < -0.39 is 0 Å². The number of hydrogen-bond acceptors (Lipinski definition) is 5. The van der Waals surface area contributed by atoms with Gasteiger partial charge in [-0.2, -0.15) is 4.98 Å². The summed E-state index contributed by atoms with van der Waals surface area (Å²) in [5.74, 6) is 0.487. The average molecular weight is 350 g/mol. The van der Waals surface area contributed by atoms with Crippen LogP contribution in [0.25, 0.3) is 11.5 Å². The Hall–Kier alpha value is -3.22. The number of benzene rings is 1. The van der Waals surface area contributed by atoms with Gasteiger partial charge in [-0.25, -0.2) is 4.98 Å². The standard InChI is InChI=1S/C19H22N6O/c1-4-25(5-2)15-11-9-14(10-12-15)18(26)22-19-21-17(23-24-19)16-8-6-7-13(3)20-16/h6-12H,4-5H2,1-3H3,(H2,21,22,23,24,26). The zero-order valence-electron chi connectivity index (χ0n) is 15.2. The van der Waals surface area contributed by atoms with Crippen LogP contribution in [-0.2, 0) is 0 Å². The molecule has 7 heteroatoms. The number of pyridine rings is 1. The van der Waals surface area contributed by atoms with Crippen LogP contribution in [0.1, 0.15) is 29.9 Å². The molecule has 0 saturated carbocycles. The molecule has 0 aliphatic carbocycles. The number of amides is 1. The van der Waals surface area contributed by atoms with Gasteiger partial charge in [0.1, 0.15) is 5.69 Å². The fourth-order valence-electron chi connectivity index (χ4n) is 2.69. The Kier molecular flexibility index (Phi) is 5.26. The van der Waals surface area contributed by atoms with E-state index in [0.717, 1.165) is 24.5 Å². The van der Waals surface area contributed by atoms with E-state index in [1.165, 1.54) is 0 Å². The minimum absolute atomic E-state index is 0.223. The van der Waals surface area contributed by atoms with Crippen molar-refractivity contribution in [2.24, 2.45) is 0 Å². The highest BCUT2D eigenvalue weighted by atomic mass is 16.1. The van der Waals surface area contributed by atoms with Crippen molar-refractivity contribution in [3.05, 3.63) is 53.7 Å². The number of anilines is 2. The smallest absolute Gasteiger partial charge is 0.258 e. The third-order valence-electron chi connectivity index (χ3n) is 4.10. The fourth-order valence-corrected chi connectivity index (χ4v) is 2.69. The van der Waals surface area contributed by atoms with E-state index >= 15 is 0 Å². The Balaban J connectivity index is 1.70. The summed E-state index contributed by atoms with van der Waals surface area (Å²) in [7, 11) is 0. The Morgan fingerprint density at radius 3 is 2.46 bits per heavy atom. The summed E-state index contributed by atoms with van der Waals surface area (Å²) in [6.45, 7) is 7.97. The van der Waals surface area contributed by atoms with Gasteiger partial charge in [0.15, 0.2) is 5.82 Å². The summed E-state index contributed by atoms with van der Waals surface area (Å²) in [6, 6.07) is 13.1. The highest BCUT2D eigenvalue weighted by molar-refractivity contribution is 6.03. The van der Waals surface area contributed by atoms with E-state index in [2.05, 4.69) is 44.2 Å². The van der Waals surface area contributed by atoms with Crippen molar-refractivity contribution in [2.45, 2.75) is 20.8 Å². The van der Waals surface area contributed by atoms with Crippen LogP contribution in [0.4, 0.5) is 11.6 Å². The third-order valence-corrected chi connectivity index (χ3v) is 4.10. The number of hydrogen-bond donors (Lipinski definition) is 2. The number of rotatable bonds is 6. The van der Waals surface area contributed by atoms with Gasteiger partial charge in [-0.3, -0.25) is 15.2 Å². The second kappa shape index (κ2) is 7.77. The second-order valence-electron chi connectivity index (χ2n) is 5.85. The van der Waals surface area contributed by atoms with Gasteiger partial charge >= 0.3 is 0 Å². The lowest BCUT2D eigenvalue weighted by atomic mass is 10.2. The van der Waals surface area contributed by atoms with Gasteiger partial charge in [-0.1, -0.05) is 6.07 Å². The number of aromatic amines is 1. The van der Waals surface area contributed by atoms with Crippen molar-refractivity contribution in [2.75, 3.05) is 23.3 Å². The average Bonchev–Trinajstić information content (AvgIpc) is 3.12. The van der Waals surface area contributed by atoms with Crippen LogP contribution in [0.2, 0.25) is 0 Å². The lowest BCUT2D eigenvalue weighted by Gasteiger charge is -2.20. The molecule has 2 N–H and O–H groups in total. The maximum Gasteiger partial charge on any atom is 0.258 e. The maximum absolute atomic E-state index is 12.4. The van der Waals surface area contributed by atoms with E-state index in [1.807, 2.05) is 37.3 Å². The largest absolute Gasteiger partial charge is 0.372 e. The zero-order chi connectivity index (χ0) is 18.5. The van der Waals surface area contributed by atoms with Crippen LogP contribution in [-0.4, -0.2) is 39.2 Å². The monoisotopic (exact) mass is 350 g/mol. The molecule has 2 heterocycles. The van der Waals surface area contributed by atoms with Crippen LogP contribution in [0, 0.1) is 6.92 Å². The molecule has 0 radical (unpaired) electrons. The van der Waals surface area contributed by atoms with E-state index in [4.69, 9.17) is 0 Å². The van der Waals surface area contributed by atoms with E-state index in [1.54, 1.807) is 12.1 Å². The predicted molar refractivity (Wildman–Crippen MR) is 102 cm³/mol. The summed E-state index contributed by atoms with van der Waals surface area (Å²) in [4.78, 5) is 23.3. The first kappa shape index (κ1) is 17.6. The van der Waals surface area contributed by atoms with Gasteiger partial charge in [0.25, 0.3) is 5.91 Å². The topological polar surface area (TPSA) is 86.8 Å². The molecule has 0 bridgehead atoms. The van der Waals surface area contributed by atoms with Crippen molar-refractivity contribution in [3.63, 3.8) is 0 Å². The molecule has 3 rings (SSSR count). The molecule has 3 aromatic rings. The van der Waals surface area contributed by atoms with E-state index in [-0.39, 0.29) is 11.9 Å². The zero-order valence-corrected chi connectivity index (χ0v) is 15.2. The third kappa shape index (κ3) is 3.88. The molecule has 134 valence electrons. The van der Waals surface area contributed by atoms with Crippen LogP contribution in [0.3, 0.4) is 0 Å². The number of nitrogens with one attached hydrogen (secondary N) is 2. The molecule has 26 heavy (non-hydrogen) atoms. The van der Waals surface area contributed by atoms with Crippen molar-refractivity contribution in [1.82, 2.24) is 20.2 Å². The molecule has 1 aromatic carbocycles. The molecule has 0 spiro atoms. The first-order valence-electron chi connectivity index (χ1n) is 8.63. The Bertz CT molecular complexity index is 883. The number of carbonyl (C=O) groups excluding carboxylic acids is 1. The maximum atomic E-state index is 12.4. The summed E-state index contributed by atoms with van der Waals surface area (Å²) in [5.41, 5.74) is 3.22. The quantitative estimate of drug-likeness (QED) is 0.712. The van der Waals surface area contributed by atoms with Crippen LogP contribution in [0.15, 0.2) is 42.5 Å². The lowest BCUT2D eigenvalue weighted by molar-refractivity contribution is 0.102. The van der Waals surface area contributed by atoms with Gasteiger partial charge in [0.2, 0.25) is 5.95 Å². The molecule has 1 amide bonds. The first-order chi connectivity index (χ1) is 12.6. The van der Waals surface area contributed by atoms with Gasteiger partial charge in [0, 0.05) is 30.0 Å². The normalized spacial score (nSPS) is 10.6. The Morgan fingerprint density at radius 2 is 1.81 bits per heavy atom. The van der Waals surface area contributed by atoms with Crippen LogP contribution < -0.4 is 10.2 Å². The molecule has 7 nitrogen and oxygen atoms in total. The number of carbonyl (C=O) groups is 1.